The quantitative estimate of drug-likeness (QED) is 0.548. The summed E-state index contributed by atoms with van der Waals surface area (Å²) in [6.07, 6.45) is 0.500. The number of fused-ring (bicyclic) bond motifs is 2. The largest absolute Gasteiger partial charge is 0.496 e. The SMILES string of the molecule is COc1cc2ccccc2cc1Cc1cc2ccccc2cc1C(=O)O. The van der Waals surface area contributed by atoms with E-state index < -0.39 is 5.97 Å². The zero-order valence-electron chi connectivity index (χ0n) is 14.4. The third-order valence-electron chi connectivity index (χ3n) is 4.73. The molecule has 4 rings (SSSR count). The van der Waals surface area contributed by atoms with Gasteiger partial charge in [-0.3, -0.25) is 0 Å². The molecule has 0 fully saturated rings. The molecule has 0 aliphatic rings. The zero-order chi connectivity index (χ0) is 18.1. The predicted octanol–water partition coefficient (Wildman–Crippen LogP) is 5.29. The number of carboxylic acids is 1. The van der Waals surface area contributed by atoms with Crippen LogP contribution < -0.4 is 4.74 Å². The van der Waals surface area contributed by atoms with E-state index in [1.54, 1.807) is 13.2 Å². The van der Waals surface area contributed by atoms with Crippen molar-refractivity contribution in [1.82, 2.24) is 0 Å². The van der Waals surface area contributed by atoms with Gasteiger partial charge >= 0.3 is 5.97 Å². The maximum absolute atomic E-state index is 11.8. The van der Waals surface area contributed by atoms with Crippen LogP contribution in [0.5, 0.6) is 5.75 Å². The molecule has 3 heteroatoms. The molecule has 0 unspecified atom stereocenters. The number of aromatic carboxylic acids is 1. The van der Waals surface area contributed by atoms with E-state index in [0.717, 1.165) is 38.4 Å². The first-order chi connectivity index (χ1) is 12.7. The lowest BCUT2D eigenvalue weighted by Gasteiger charge is -2.13. The molecule has 0 aliphatic carbocycles. The molecule has 26 heavy (non-hydrogen) atoms. The summed E-state index contributed by atoms with van der Waals surface area (Å²) in [6.45, 7) is 0. The first-order valence-corrected chi connectivity index (χ1v) is 8.46. The molecule has 0 aliphatic heterocycles. The predicted molar refractivity (Wildman–Crippen MR) is 104 cm³/mol. The van der Waals surface area contributed by atoms with E-state index in [-0.39, 0.29) is 0 Å². The Balaban J connectivity index is 1.87. The van der Waals surface area contributed by atoms with Gasteiger partial charge in [0, 0.05) is 6.42 Å². The molecule has 4 aromatic carbocycles. The Morgan fingerprint density at radius 3 is 1.85 bits per heavy atom. The van der Waals surface area contributed by atoms with Gasteiger partial charge in [0.05, 0.1) is 12.7 Å². The van der Waals surface area contributed by atoms with Crippen molar-refractivity contribution in [3.8, 4) is 5.75 Å². The van der Waals surface area contributed by atoms with Crippen molar-refractivity contribution in [3.63, 3.8) is 0 Å². The van der Waals surface area contributed by atoms with Crippen molar-refractivity contribution in [1.29, 1.82) is 0 Å². The number of benzene rings is 4. The van der Waals surface area contributed by atoms with Gasteiger partial charge < -0.3 is 9.84 Å². The number of methoxy groups -OCH3 is 1. The van der Waals surface area contributed by atoms with Crippen LogP contribution in [-0.4, -0.2) is 18.2 Å². The summed E-state index contributed by atoms with van der Waals surface area (Å²) >= 11 is 0. The van der Waals surface area contributed by atoms with Crippen molar-refractivity contribution < 1.29 is 14.6 Å². The summed E-state index contributed by atoms with van der Waals surface area (Å²) in [5.74, 6) is -0.140. The van der Waals surface area contributed by atoms with E-state index in [0.29, 0.717) is 12.0 Å². The second-order valence-corrected chi connectivity index (χ2v) is 6.35. The highest BCUT2D eigenvalue weighted by atomic mass is 16.5. The number of ether oxygens (including phenoxy) is 1. The maximum Gasteiger partial charge on any atom is 0.335 e. The van der Waals surface area contributed by atoms with Crippen LogP contribution in [0, 0.1) is 0 Å². The Hall–Kier alpha value is -3.33. The minimum atomic E-state index is -0.912. The fourth-order valence-corrected chi connectivity index (χ4v) is 3.43. The molecule has 0 saturated carbocycles. The average molecular weight is 342 g/mol. The number of rotatable bonds is 4. The number of hydrogen-bond acceptors (Lipinski definition) is 2. The van der Waals surface area contributed by atoms with Gasteiger partial charge in [-0.05, 0) is 56.9 Å². The van der Waals surface area contributed by atoms with E-state index in [2.05, 4.69) is 12.1 Å². The number of carbonyl (C=O) groups is 1. The Morgan fingerprint density at radius 1 is 0.808 bits per heavy atom. The summed E-state index contributed by atoms with van der Waals surface area (Å²) in [4.78, 5) is 11.8. The molecule has 0 atom stereocenters. The van der Waals surface area contributed by atoms with Crippen LogP contribution in [0.4, 0.5) is 0 Å². The Morgan fingerprint density at radius 2 is 1.31 bits per heavy atom. The van der Waals surface area contributed by atoms with Crippen LogP contribution in [-0.2, 0) is 6.42 Å². The number of hydrogen-bond donors (Lipinski definition) is 1. The molecule has 0 heterocycles. The van der Waals surface area contributed by atoms with Gasteiger partial charge in [0.15, 0.2) is 0 Å². The van der Waals surface area contributed by atoms with Crippen molar-refractivity contribution >= 4 is 27.5 Å². The monoisotopic (exact) mass is 342 g/mol. The third kappa shape index (κ3) is 2.88. The summed E-state index contributed by atoms with van der Waals surface area (Å²) in [7, 11) is 1.64. The van der Waals surface area contributed by atoms with E-state index in [1.165, 1.54) is 0 Å². The van der Waals surface area contributed by atoms with E-state index in [4.69, 9.17) is 4.74 Å². The highest BCUT2D eigenvalue weighted by Crippen LogP contribution is 2.30. The van der Waals surface area contributed by atoms with Gasteiger partial charge in [-0.25, -0.2) is 4.79 Å². The zero-order valence-corrected chi connectivity index (χ0v) is 14.4. The summed E-state index contributed by atoms with van der Waals surface area (Å²) in [5, 5.41) is 13.8. The van der Waals surface area contributed by atoms with E-state index in [1.807, 2.05) is 54.6 Å². The standard InChI is InChI=1S/C23H18O3/c1-26-22-14-18-9-5-3-7-16(18)11-20(22)12-19-10-15-6-2-4-8-17(15)13-21(19)23(24)25/h2-11,13-14H,12H2,1H3,(H,24,25). The van der Waals surface area contributed by atoms with Crippen LogP contribution in [0.3, 0.4) is 0 Å². The molecule has 0 aromatic heterocycles. The second kappa shape index (κ2) is 6.52. The molecule has 128 valence electrons. The smallest absolute Gasteiger partial charge is 0.335 e. The molecule has 0 bridgehead atoms. The fourth-order valence-electron chi connectivity index (χ4n) is 3.43. The van der Waals surface area contributed by atoms with Crippen LogP contribution in [0.1, 0.15) is 21.5 Å². The van der Waals surface area contributed by atoms with Crippen molar-refractivity contribution in [2.45, 2.75) is 6.42 Å². The third-order valence-corrected chi connectivity index (χ3v) is 4.73. The van der Waals surface area contributed by atoms with Crippen LogP contribution in [0.25, 0.3) is 21.5 Å². The summed E-state index contributed by atoms with van der Waals surface area (Å²) in [5.41, 5.74) is 2.09. The van der Waals surface area contributed by atoms with Crippen molar-refractivity contribution in [2.75, 3.05) is 7.11 Å². The molecule has 4 aromatic rings. The number of carboxylic acid groups (broad SMARTS) is 1. The highest BCUT2D eigenvalue weighted by Gasteiger charge is 2.14. The molecule has 0 saturated heterocycles. The molecule has 0 spiro atoms. The molecular formula is C23H18O3. The fraction of sp³-hybridized carbons (Fsp3) is 0.0870. The maximum atomic E-state index is 11.8. The minimum Gasteiger partial charge on any atom is -0.496 e. The Kier molecular flexibility index (Phi) is 4.05. The molecular weight excluding hydrogens is 324 g/mol. The van der Waals surface area contributed by atoms with E-state index in [9.17, 15) is 9.90 Å². The van der Waals surface area contributed by atoms with Gasteiger partial charge in [-0.1, -0.05) is 48.5 Å². The average Bonchev–Trinajstić information content (AvgIpc) is 2.66. The van der Waals surface area contributed by atoms with Gasteiger partial charge in [0.25, 0.3) is 0 Å². The van der Waals surface area contributed by atoms with Gasteiger partial charge in [-0.2, -0.15) is 0 Å². The highest BCUT2D eigenvalue weighted by molar-refractivity contribution is 5.96. The molecule has 1 N–H and O–H groups in total. The topological polar surface area (TPSA) is 46.5 Å². The van der Waals surface area contributed by atoms with Gasteiger partial charge in [-0.15, -0.1) is 0 Å². The van der Waals surface area contributed by atoms with Crippen molar-refractivity contribution in [3.05, 3.63) is 89.5 Å². The molecule has 0 amide bonds. The van der Waals surface area contributed by atoms with Gasteiger partial charge in [0.1, 0.15) is 5.75 Å². The van der Waals surface area contributed by atoms with Crippen molar-refractivity contribution in [2.24, 2.45) is 0 Å². The van der Waals surface area contributed by atoms with Crippen LogP contribution in [0.15, 0.2) is 72.8 Å². The lowest BCUT2D eigenvalue weighted by Crippen LogP contribution is -2.04. The minimum absolute atomic E-state index is 0.332. The Labute approximate surface area is 151 Å². The summed E-state index contributed by atoms with van der Waals surface area (Å²) in [6, 6.07) is 23.7. The normalized spacial score (nSPS) is 11.0. The first kappa shape index (κ1) is 16.2. The molecule has 3 nitrogen and oxygen atoms in total. The summed E-state index contributed by atoms with van der Waals surface area (Å²) < 4.78 is 5.57. The lowest BCUT2D eigenvalue weighted by molar-refractivity contribution is 0.0696. The molecule has 0 radical (unpaired) electrons. The van der Waals surface area contributed by atoms with E-state index >= 15 is 0 Å². The Bertz CT molecular complexity index is 1130. The van der Waals surface area contributed by atoms with Crippen LogP contribution in [0.2, 0.25) is 0 Å². The second-order valence-electron chi connectivity index (χ2n) is 6.35. The van der Waals surface area contributed by atoms with Gasteiger partial charge in [0.2, 0.25) is 0 Å². The lowest BCUT2D eigenvalue weighted by atomic mass is 9.94. The first-order valence-electron chi connectivity index (χ1n) is 8.46. The van der Waals surface area contributed by atoms with Crippen LogP contribution >= 0.6 is 0 Å².